The first kappa shape index (κ1) is 25.0. The number of Topliss-reactive ketones (excluding diaryl/α,β-unsaturated/α-hetero) is 1. The fraction of sp³-hybridized carbons (Fsp3) is 0.828. The number of aromatic nitrogens is 2. The van der Waals surface area contributed by atoms with Crippen LogP contribution in [0.2, 0.25) is 0 Å². The summed E-state index contributed by atoms with van der Waals surface area (Å²) in [6, 6.07) is 2.11. The number of hydrogen-bond acceptors (Lipinski definition) is 5. The fourth-order valence-corrected chi connectivity index (χ4v) is 9.52. The van der Waals surface area contributed by atoms with Gasteiger partial charge in [0.2, 0.25) is 0 Å². The third-order valence-corrected chi connectivity index (χ3v) is 11.2. The van der Waals surface area contributed by atoms with Crippen LogP contribution < -0.4 is 0 Å². The van der Waals surface area contributed by atoms with Crippen LogP contribution in [0.15, 0.2) is 12.4 Å². The van der Waals surface area contributed by atoms with Crippen molar-refractivity contribution in [2.24, 2.45) is 40.4 Å². The van der Waals surface area contributed by atoms with Crippen molar-refractivity contribution >= 4 is 5.78 Å². The summed E-state index contributed by atoms with van der Waals surface area (Å²) < 4.78 is 7.07. The lowest BCUT2D eigenvalue weighted by atomic mass is 9.42. The molecule has 0 saturated heterocycles. The van der Waals surface area contributed by atoms with Crippen molar-refractivity contribution in [2.45, 2.75) is 96.6 Å². The summed E-state index contributed by atoms with van der Waals surface area (Å²) in [5, 5.41) is 24.6. The average Bonchev–Trinajstić information content (AvgIpc) is 3.22. The van der Waals surface area contributed by atoms with Crippen molar-refractivity contribution in [1.29, 1.82) is 5.26 Å². The Morgan fingerprint density at radius 3 is 2.69 bits per heavy atom. The number of nitriles is 1. The molecule has 4 saturated carbocycles. The molecule has 192 valence electrons. The van der Waals surface area contributed by atoms with E-state index >= 15 is 0 Å². The molecule has 0 aromatic carbocycles. The molecule has 8 atom stereocenters. The van der Waals surface area contributed by atoms with E-state index in [0.717, 1.165) is 38.5 Å². The van der Waals surface area contributed by atoms with Crippen LogP contribution in [-0.2, 0) is 16.1 Å². The first-order chi connectivity index (χ1) is 16.7. The van der Waals surface area contributed by atoms with E-state index in [-0.39, 0.29) is 23.3 Å². The smallest absolute Gasteiger partial charge is 0.157 e. The molecule has 4 fully saturated rings. The third kappa shape index (κ3) is 4.27. The molecule has 6 heteroatoms. The standard InChI is InChI=1S/C29H43N3O3/c1-27-11-5-12-29(34,19-35-3)14-21(27)8-9-22-23-6-4-7-25(28(23,2)13-10-24(22)27)26(33)18-32-17-20(15-30)16-31-32/h16-17,21-25,34H,4-14,18-19H2,1-3H3/t21-,22-,23-,24-,25+,27-,28-,29+/m0/s1. The SMILES string of the molecule is COC[C@@]1(O)CCC[C@@]2(C)[C@@H](CC[C@@H]3[C@@H]2CC[C@]2(C)[C@@H](C(=O)Cn4cc(C#N)cn4)CCC[C@@H]32)C1. The fourth-order valence-electron chi connectivity index (χ4n) is 9.52. The summed E-state index contributed by atoms with van der Waals surface area (Å²) in [7, 11) is 1.70. The molecule has 1 heterocycles. The minimum Gasteiger partial charge on any atom is -0.387 e. The highest BCUT2D eigenvalue weighted by Crippen LogP contribution is 2.66. The predicted octanol–water partition coefficient (Wildman–Crippen LogP) is 5.14. The zero-order valence-corrected chi connectivity index (χ0v) is 21.8. The lowest BCUT2D eigenvalue weighted by molar-refractivity contribution is -0.155. The Morgan fingerprint density at radius 1 is 1.14 bits per heavy atom. The average molecular weight is 482 g/mol. The second-order valence-electron chi connectivity index (χ2n) is 12.9. The van der Waals surface area contributed by atoms with Crippen molar-refractivity contribution in [3.63, 3.8) is 0 Å². The summed E-state index contributed by atoms with van der Waals surface area (Å²) in [6.07, 6.45) is 15.4. The van der Waals surface area contributed by atoms with E-state index in [4.69, 9.17) is 10.00 Å². The quantitative estimate of drug-likeness (QED) is 0.629. The first-order valence-electron chi connectivity index (χ1n) is 13.9. The largest absolute Gasteiger partial charge is 0.387 e. The van der Waals surface area contributed by atoms with Crippen molar-refractivity contribution in [3.8, 4) is 6.07 Å². The van der Waals surface area contributed by atoms with Crippen LogP contribution in [0, 0.1) is 51.8 Å². The second-order valence-corrected chi connectivity index (χ2v) is 12.9. The van der Waals surface area contributed by atoms with E-state index in [1.807, 2.05) is 0 Å². The number of ketones is 1. The number of rotatable bonds is 5. The van der Waals surface area contributed by atoms with Crippen LogP contribution in [0.4, 0.5) is 0 Å². The molecule has 0 aliphatic heterocycles. The van der Waals surface area contributed by atoms with Crippen LogP contribution in [0.3, 0.4) is 0 Å². The molecule has 0 spiro atoms. The lowest BCUT2D eigenvalue weighted by Gasteiger charge is -2.62. The minimum absolute atomic E-state index is 0.0619. The topological polar surface area (TPSA) is 88.1 Å². The molecule has 35 heavy (non-hydrogen) atoms. The molecule has 6 nitrogen and oxygen atoms in total. The minimum atomic E-state index is -0.673. The summed E-state index contributed by atoms with van der Waals surface area (Å²) in [5.74, 6) is 2.93. The van der Waals surface area contributed by atoms with Gasteiger partial charge in [0.05, 0.1) is 30.5 Å². The molecule has 0 unspecified atom stereocenters. The van der Waals surface area contributed by atoms with Crippen molar-refractivity contribution < 1.29 is 14.6 Å². The highest BCUT2D eigenvalue weighted by Gasteiger charge is 2.60. The van der Waals surface area contributed by atoms with Gasteiger partial charge in [0.25, 0.3) is 0 Å². The number of methoxy groups -OCH3 is 1. The highest BCUT2D eigenvalue weighted by molar-refractivity contribution is 5.81. The molecule has 4 aliphatic carbocycles. The van der Waals surface area contributed by atoms with E-state index in [9.17, 15) is 9.90 Å². The first-order valence-corrected chi connectivity index (χ1v) is 13.9. The molecule has 0 radical (unpaired) electrons. The summed E-state index contributed by atoms with van der Waals surface area (Å²) in [5.41, 5.74) is 0.180. The Morgan fingerprint density at radius 2 is 1.94 bits per heavy atom. The Hall–Kier alpha value is -1.71. The van der Waals surface area contributed by atoms with Crippen LogP contribution in [0.25, 0.3) is 0 Å². The van der Waals surface area contributed by atoms with Gasteiger partial charge in [-0.25, -0.2) is 0 Å². The summed E-state index contributed by atoms with van der Waals surface area (Å²) in [4.78, 5) is 13.6. The Kier molecular flexibility index (Phi) is 6.64. The number of carbonyl (C=O) groups excluding carboxylic acids is 1. The maximum Gasteiger partial charge on any atom is 0.157 e. The summed E-state index contributed by atoms with van der Waals surface area (Å²) >= 11 is 0. The second kappa shape index (κ2) is 9.30. The highest BCUT2D eigenvalue weighted by atomic mass is 16.5. The molecular formula is C29H43N3O3. The van der Waals surface area contributed by atoms with Gasteiger partial charge in [-0.3, -0.25) is 9.48 Å². The van der Waals surface area contributed by atoms with Gasteiger partial charge >= 0.3 is 0 Å². The number of carbonyl (C=O) groups is 1. The Labute approximate surface area is 210 Å². The van der Waals surface area contributed by atoms with E-state index in [1.54, 1.807) is 24.2 Å². The maximum absolute atomic E-state index is 13.6. The van der Waals surface area contributed by atoms with Gasteiger partial charge in [-0.1, -0.05) is 20.3 Å². The van der Waals surface area contributed by atoms with Gasteiger partial charge in [-0.15, -0.1) is 0 Å². The number of hydrogen-bond donors (Lipinski definition) is 1. The van der Waals surface area contributed by atoms with Crippen molar-refractivity contribution in [1.82, 2.24) is 9.78 Å². The van der Waals surface area contributed by atoms with Gasteiger partial charge < -0.3 is 9.84 Å². The molecule has 0 amide bonds. The zero-order valence-electron chi connectivity index (χ0n) is 21.8. The third-order valence-electron chi connectivity index (χ3n) is 11.2. The van der Waals surface area contributed by atoms with Crippen LogP contribution in [0.1, 0.15) is 90.0 Å². The van der Waals surface area contributed by atoms with Gasteiger partial charge in [0, 0.05) is 19.2 Å². The maximum atomic E-state index is 13.6. The Balaban J connectivity index is 1.35. The number of ether oxygens (including phenoxy) is 1. The summed E-state index contributed by atoms with van der Waals surface area (Å²) in [6.45, 7) is 5.68. The van der Waals surface area contributed by atoms with Gasteiger partial charge in [0.1, 0.15) is 6.07 Å². The molecule has 1 aromatic heterocycles. The van der Waals surface area contributed by atoms with Crippen molar-refractivity contribution in [3.05, 3.63) is 18.0 Å². The van der Waals surface area contributed by atoms with Gasteiger partial charge in [-0.2, -0.15) is 10.4 Å². The monoisotopic (exact) mass is 481 g/mol. The normalized spacial score (nSPS) is 43.2. The lowest BCUT2D eigenvalue weighted by Crippen LogP contribution is -2.56. The van der Waals surface area contributed by atoms with Crippen LogP contribution >= 0.6 is 0 Å². The molecular weight excluding hydrogens is 438 g/mol. The molecule has 4 aliphatic rings. The number of aliphatic hydroxyl groups is 1. The van der Waals surface area contributed by atoms with Crippen molar-refractivity contribution in [2.75, 3.05) is 13.7 Å². The molecule has 1 N–H and O–H groups in total. The van der Waals surface area contributed by atoms with Gasteiger partial charge in [-0.05, 0) is 98.7 Å². The van der Waals surface area contributed by atoms with E-state index in [1.165, 1.54) is 32.1 Å². The molecule has 0 bridgehead atoms. The van der Waals surface area contributed by atoms with Crippen LogP contribution in [0.5, 0.6) is 0 Å². The zero-order chi connectivity index (χ0) is 24.8. The van der Waals surface area contributed by atoms with E-state index < -0.39 is 5.60 Å². The Bertz CT molecular complexity index is 984. The van der Waals surface area contributed by atoms with E-state index in [2.05, 4.69) is 25.0 Å². The number of fused-ring (bicyclic) bond motifs is 5. The van der Waals surface area contributed by atoms with E-state index in [0.29, 0.717) is 41.6 Å². The molecule has 1 aromatic rings. The van der Waals surface area contributed by atoms with Crippen LogP contribution in [-0.4, -0.2) is 40.0 Å². The molecule has 5 rings (SSSR count). The predicted molar refractivity (Wildman–Crippen MR) is 133 cm³/mol. The number of nitrogens with zero attached hydrogens (tertiary/aromatic N) is 3. The van der Waals surface area contributed by atoms with Gasteiger partial charge in [0.15, 0.2) is 5.78 Å².